The summed E-state index contributed by atoms with van der Waals surface area (Å²) < 4.78 is 7.47. The van der Waals surface area contributed by atoms with Gasteiger partial charge >= 0.3 is 6.03 Å². The van der Waals surface area contributed by atoms with Gasteiger partial charge < -0.3 is 15.4 Å². The Labute approximate surface area is 150 Å². The number of rotatable bonds is 4. The number of nitrogens with zero attached hydrogens (tertiary/aromatic N) is 2. The molecule has 1 aromatic carbocycles. The highest BCUT2D eigenvalue weighted by atomic mass is 35.5. The van der Waals surface area contributed by atoms with Gasteiger partial charge in [0.05, 0.1) is 34.6 Å². The topological polar surface area (TPSA) is 68.2 Å². The van der Waals surface area contributed by atoms with Crippen LogP contribution in [-0.4, -0.2) is 28.5 Å². The molecule has 1 aliphatic rings. The largest absolute Gasteiger partial charge is 0.376 e. The fourth-order valence-corrected chi connectivity index (χ4v) is 2.85. The van der Waals surface area contributed by atoms with Crippen molar-refractivity contribution in [2.45, 2.75) is 31.9 Å². The van der Waals surface area contributed by atoms with Crippen molar-refractivity contribution in [1.82, 2.24) is 9.78 Å². The predicted molar refractivity (Wildman–Crippen MR) is 94.9 cm³/mol. The van der Waals surface area contributed by atoms with Crippen molar-refractivity contribution < 1.29 is 9.53 Å². The van der Waals surface area contributed by atoms with Gasteiger partial charge in [0.25, 0.3) is 0 Å². The molecular weight excluding hydrogens is 351 g/mol. The molecule has 1 unspecified atom stereocenters. The maximum Gasteiger partial charge on any atom is 0.323 e. The summed E-state index contributed by atoms with van der Waals surface area (Å²) in [4.78, 5) is 12.0. The zero-order valence-electron chi connectivity index (χ0n) is 13.0. The van der Waals surface area contributed by atoms with Crippen molar-refractivity contribution in [3.63, 3.8) is 0 Å². The van der Waals surface area contributed by atoms with Gasteiger partial charge in [0, 0.05) is 18.5 Å². The van der Waals surface area contributed by atoms with Crippen LogP contribution in [0, 0.1) is 0 Å². The summed E-state index contributed by atoms with van der Waals surface area (Å²) in [6.07, 6.45) is 6.93. The van der Waals surface area contributed by atoms with Crippen molar-refractivity contribution in [3.8, 4) is 0 Å². The van der Waals surface area contributed by atoms with Gasteiger partial charge in [-0.25, -0.2) is 4.79 Å². The standard InChI is InChI=1S/C16H18Cl2N4O2/c17-14-5-4-11(7-15(14)18)20-16(23)21-12-8-19-22(9-12)10-13-3-1-2-6-24-13/h4-5,7-9,13H,1-3,6,10H2,(H2,20,21,23). The minimum Gasteiger partial charge on any atom is -0.376 e. The Hall–Kier alpha value is -1.76. The highest BCUT2D eigenvalue weighted by Gasteiger charge is 2.15. The molecule has 1 atom stereocenters. The van der Waals surface area contributed by atoms with E-state index in [0.29, 0.717) is 28.0 Å². The first kappa shape index (κ1) is 17.1. The molecular formula is C16H18Cl2N4O2. The molecule has 8 heteroatoms. The Balaban J connectivity index is 1.53. The number of carbonyl (C=O) groups is 1. The average Bonchev–Trinajstić information content (AvgIpc) is 2.99. The highest BCUT2D eigenvalue weighted by Crippen LogP contribution is 2.25. The van der Waals surface area contributed by atoms with E-state index in [2.05, 4.69) is 15.7 Å². The van der Waals surface area contributed by atoms with Gasteiger partial charge in [0.1, 0.15) is 0 Å². The SMILES string of the molecule is O=C(Nc1ccc(Cl)c(Cl)c1)Nc1cnn(CC2CCCCO2)c1. The van der Waals surface area contributed by atoms with Crippen LogP contribution >= 0.6 is 23.2 Å². The van der Waals surface area contributed by atoms with Crippen molar-refractivity contribution >= 4 is 40.6 Å². The van der Waals surface area contributed by atoms with Crippen LogP contribution in [-0.2, 0) is 11.3 Å². The molecule has 24 heavy (non-hydrogen) atoms. The van der Waals surface area contributed by atoms with Crippen molar-refractivity contribution in [2.75, 3.05) is 17.2 Å². The molecule has 3 rings (SSSR count). The summed E-state index contributed by atoms with van der Waals surface area (Å²) in [6.45, 7) is 1.50. The first-order valence-corrected chi connectivity index (χ1v) is 8.53. The Bertz CT molecular complexity index is 714. The molecule has 2 heterocycles. The molecule has 2 amide bonds. The lowest BCUT2D eigenvalue weighted by Crippen LogP contribution is -2.24. The van der Waals surface area contributed by atoms with Crippen molar-refractivity contribution in [1.29, 1.82) is 0 Å². The van der Waals surface area contributed by atoms with Crippen LogP contribution in [0.5, 0.6) is 0 Å². The van der Waals surface area contributed by atoms with Gasteiger partial charge in [0.2, 0.25) is 0 Å². The second-order valence-corrected chi connectivity index (χ2v) is 6.46. The third-order valence-electron chi connectivity index (χ3n) is 3.73. The maximum absolute atomic E-state index is 12.0. The minimum absolute atomic E-state index is 0.191. The minimum atomic E-state index is -0.373. The van der Waals surface area contributed by atoms with Crippen LogP contribution in [0.3, 0.4) is 0 Å². The van der Waals surface area contributed by atoms with E-state index < -0.39 is 0 Å². The van der Waals surface area contributed by atoms with Crippen LogP contribution in [0.1, 0.15) is 19.3 Å². The lowest BCUT2D eigenvalue weighted by atomic mass is 10.1. The molecule has 0 spiro atoms. The van der Waals surface area contributed by atoms with Crippen LogP contribution < -0.4 is 10.6 Å². The van der Waals surface area contributed by atoms with Gasteiger partial charge in [-0.15, -0.1) is 0 Å². The lowest BCUT2D eigenvalue weighted by molar-refractivity contribution is 0.00401. The lowest BCUT2D eigenvalue weighted by Gasteiger charge is -2.22. The summed E-state index contributed by atoms with van der Waals surface area (Å²) in [5.41, 5.74) is 1.17. The number of amides is 2. The summed E-state index contributed by atoms with van der Waals surface area (Å²) in [5, 5.41) is 10.5. The van der Waals surface area contributed by atoms with E-state index in [4.69, 9.17) is 27.9 Å². The zero-order chi connectivity index (χ0) is 16.9. The molecule has 2 aromatic rings. The number of anilines is 2. The molecule has 1 aromatic heterocycles. The molecule has 0 saturated carbocycles. The highest BCUT2D eigenvalue weighted by molar-refractivity contribution is 6.42. The molecule has 0 radical (unpaired) electrons. The number of nitrogens with one attached hydrogen (secondary N) is 2. The Morgan fingerprint density at radius 2 is 2.08 bits per heavy atom. The molecule has 1 aliphatic heterocycles. The molecule has 1 saturated heterocycles. The second-order valence-electron chi connectivity index (χ2n) is 5.65. The van der Waals surface area contributed by atoms with E-state index in [1.807, 2.05) is 0 Å². The fraction of sp³-hybridized carbons (Fsp3) is 0.375. The number of ether oxygens (including phenoxy) is 1. The number of halogens is 2. The van der Waals surface area contributed by atoms with Gasteiger partial charge in [0.15, 0.2) is 0 Å². The van der Waals surface area contributed by atoms with E-state index in [1.54, 1.807) is 35.3 Å². The number of aromatic nitrogens is 2. The smallest absolute Gasteiger partial charge is 0.323 e. The van der Waals surface area contributed by atoms with E-state index in [9.17, 15) is 4.79 Å². The van der Waals surface area contributed by atoms with Gasteiger partial charge in [-0.3, -0.25) is 4.68 Å². The Kier molecular flexibility index (Phi) is 5.60. The van der Waals surface area contributed by atoms with Gasteiger partial charge in [-0.2, -0.15) is 5.10 Å². The van der Waals surface area contributed by atoms with E-state index in [0.717, 1.165) is 19.4 Å². The Morgan fingerprint density at radius 1 is 1.25 bits per heavy atom. The fourth-order valence-electron chi connectivity index (χ4n) is 2.56. The number of hydrogen-bond acceptors (Lipinski definition) is 3. The summed E-state index contributed by atoms with van der Waals surface area (Å²) >= 11 is 11.8. The first-order chi connectivity index (χ1) is 11.6. The third-order valence-corrected chi connectivity index (χ3v) is 4.47. The van der Waals surface area contributed by atoms with E-state index in [1.165, 1.54) is 6.42 Å². The molecule has 128 valence electrons. The number of carbonyl (C=O) groups excluding carboxylic acids is 1. The average molecular weight is 369 g/mol. The van der Waals surface area contributed by atoms with Crippen LogP contribution in [0.25, 0.3) is 0 Å². The van der Waals surface area contributed by atoms with Crippen LogP contribution in [0.4, 0.5) is 16.2 Å². The van der Waals surface area contributed by atoms with Gasteiger partial charge in [-0.1, -0.05) is 23.2 Å². The monoisotopic (exact) mass is 368 g/mol. The zero-order valence-corrected chi connectivity index (χ0v) is 14.5. The second kappa shape index (κ2) is 7.88. The normalized spacial score (nSPS) is 17.5. The number of hydrogen-bond donors (Lipinski definition) is 2. The van der Waals surface area contributed by atoms with Crippen molar-refractivity contribution in [3.05, 3.63) is 40.6 Å². The summed E-state index contributed by atoms with van der Waals surface area (Å²) in [5.74, 6) is 0. The third kappa shape index (κ3) is 4.63. The molecule has 6 nitrogen and oxygen atoms in total. The van der Waals surface area contributed by atoms with Crippen LogP contribution in [0.2, 0.25) is 10.0 Å². The molecule has 1 fully saturated rings. The molecule has 0 bridgehead atoms. The van der Waals surface area contributed by atoms with Crippen molar-refractivity contribution in [2.24, 2.45) is 0 Å². The predicted octanol–water partition coefficient (Wildman–Crippen LogP) is 4.40. The van der Waals surface area contributed by atoms with E-state index >= 15 is 0 Å². The summed E-state index contributed by atoms with van der Waals surface area (Å²) in [7, 11) is 0. The number of urea groups is 1. The van der Waals surface area contributed by atoms with Gasteiger partial charge in [-0.05, 0) is 37.5 Å². The quantitative estimate of drug-likeness (QED) is 0.839. The maximum atomic E-state index is 12.0. The van der Waals surface area contributed by atoms with Crippen LogP contribution in [0.15, 0.2) is 30.6 Å². The van der Waals surface area contributed by atoms with E-state index in [-0.39, 0.29) is 12.1 Å². The Morgan fingerprint density at radius 3 is 2.83 bits per heavy atom. The summed E-state index contributed by atoms with van der Waals surface area (Å²) in [6, 6.07) is 4.52. The molecule has 2 N–H and O–H groups in total. The first-order valence-electron chi connectivity index (χ1n) is 7.77. The number of benzene rings is 1. The molecule has 0 aliphatic carbocycles.